The third kappa shape index (κ3) is 1.96. The lowest BCUT2D eigenvalue weighted by Gasteiger charge is -2.37. The van der Waals surface area contributed by atoms with Crippen molar-refractivity contribution in [3.05, 3.63) is 17.8 Å². The Morgan fingerprint density at radius 3 is 2.90 bits per heavy atom. The van der Waals surface area contributed by atoms with E-state index in [4.69, 9.17) is 0 Å². The van der Waals surface area contributed by atoms with Crippen molar-refractivity contribution in [1.29, 1.82) is 0 Å². The van der Waals surface area contributed by atoms with Crippen LogP contribution in [0.4, 0.5) is 5.82 Å². The van der Waals surface area contributed by atoms with Gasteiger partial charge >= 0.3 is 0 Å². The maximum Gasteiger partial charge on any atom is 0.217 e. The molecule has 1 aromatic heterocycles. The number of rotatable bonds is 3. The smallest absolute Gasteiger partial charge is 0.217 e. The molecule has 0 aromatic carbocycles. The molecule has 0 spiro atoms. The number of nitrogens with one attached hydrogen (secondary N) is 2. The van der Waals surface area contributed by atoms with E-state index in [1.54, 1.807) is 4.31 Å². The Balaban J connectivity index is 1.53. The highest BCUT2D eigenvalue weighted by Gasteiger charge is 2.42. The third-order valence-corrected chi connectivity index (χ3v) is 6.88. The normalized spacial score (nSPS) is 27.8. The number of aromatic amines is 1. The van der Waals surface area contributed by atoms with Crippen LogP contribution in [0.25, 0.3) is 0 Å². The fraction of sp³-hybridized carbons (Fsp3) is 0.692. The first-order chi connectivity index (χ1) is 9.66. The second-order valence-corrected chi connectivity index (χ2v) is 8.17. The van der Waals surface area contributed by atoms with Crippen LogP contribution in [0.15, 0.2) is 12.3 Å². The molecule has 4 rings (SSSR count). The highest BCUT2D eigenvalue weighted by molar-refractivity contribution is 7.90. The minimum absolute atomic E-state index is 0.103. The predicted octanol–water partition coefficient (Wildman–Crippen LogP) is 0.796. The van der Waals surface area contributed by atoms with Gasteiger partial charge in [-0.15, -0.1) is 0 Å². The van der Waals surface area contributed by atoms with Gasteiger partial charge in [0.1, 0.15) is 5.82 Å². The lowest BCUT2D eigenvalue weighted by molar-refractivity contribution is 0.295. The summed E-state index contributed by atoms with van der Waals surface area (Å²) in [6, 6.07) is 2.29. The standard InChI is InChI=1S/C13H20N4O2S/c18-20(19,12-3-4-12)16-7-1-2-11(9-16)17-13-10(8-15-17)5-6-14-13/h5-6,11-12,14-15H,1-4,7-9H2. The molecule has 0 radical (unpaired) electrons. The predicted molar refractivity (Wildman–Crippen MR) is 76.6 cm³/mol. The molecular weight excluding hydrogens is 276 g/mol. The first-order valence-corrected chi connectivity index (χ1v) is 8.84. The monoisotopic (exact) mass is 296 g/mol. The molecule has 1 aliphatic carbocycles. The maximum atomic E-state index is 12.4. The Labute approximate surface area is 119 Å². The summed E-state index contributed by atoms with van der Waals surface area (Å²) in [5.74, 6) is 1.10. The van der Waals surface area contributed by atoms with Crippen molar-refractivity contribution in [2.75, 3.05) is 18.1 Å². The Morgan fingerprint density at radius 2 is 2.10 bits per heavy atom. The van der Waals surface area contributed by atoms with Crippen molar-refractivity contribution < 1.29 is 8.42 Å². The van der Waals surface area contributed by atoms with Crippen LogP contribution in [-0.2, 0) is 16.6 Å². The van der Waals surface area contributed by atoms with Crippen molar-refractivity contribution in [2.45, 2.75) is 43.5 Å². The molecule has 3 heterocycles. The summed E-state index contributed by atoms with van der Waals surface area (Å²) >= 11 is 0. The van der Waals surface area contributed by atoms with E-state index >= 15 is 0 Å². The van der Waals surface area contributed by atoms with Gasteiger partial charge in [0, 0.05) is 31.4 Å². The van der Waals surface area contributed by atoms with Crippen molar-refractivity contribution in [3.63, 3.8) is 0 Å². The highest BCUT2D eigenvalue weighted by atomic mass is 32.2. The summed E-state index contributed by atoms with van der Waals surface area (Å²) in [5.41, 5.74) is 4.63. The molecule has 1 unspecified atom stereocenters. The van der Waals surface area contributed by atoms with E-state index in [2.05, 4.69) is 21.5 Å². The molecule has 2 fully saturated rings. The first kappa shape index (κ1) is 12.7. The first-order valence-electron chi connectivity index (χ1n) is 7.34. The van der Waals surface area contributed by atoms with Crippen LogP contribution < -0.4 is 10.4 Å². The van der Waals surface area contributed by atoms with Crippen LogP contribution in [0.5, 0.6) is 0 Å². The van der Waals surface area contributed by atoms with E-state index in [0.717, 1.165) is 38.0 Å². The molecule has 0 amide bonds. The average molecular weight is 296 g/mol. The number of aromatic nitrogens is 1. The van der Waals surface area contributed by atoms with Gasteiger partial charge in [-0.2, -0.15) is 4.31 Å². The maximum absolute atomic E-state index is 12.4. The molecule has 2 aliphatic heterocycles. The zero-order chi connectivity index (χ0) is 13.7. The largest absolute Gasteiger partial charge is 0.347 e. The van der Waals surface area contributed by atoms with Gasteiger partial charge in [0.15, 0.2) is 0 Å². The molecule has 3 aliphatic rings. The zero-order valence-corrected chi connectivity index (χ0v) is 12.2. The number of hydrazine groups is 1. The van der Waals surface area contributed by atoms with Gasteiger partial charge in [-0.25, -0.2) is 13.8 Å². The van der Waals surface area contributed by atoms with E-state index in [-0.39, 0.29) is 11.3 Å². The Hall–Kier alpha value is -1.05. The SMILES string of the molecule is O=S(=O)(C1CC1)N1CCCC(N2NCc3cc[nH]c32)C1. The van der Waals surface area contributed by atoms with E-state index in [0.29, 0.717) is 13.1 Å². The number of piperidine rings is 1. The van der Waals surface area contributed by atoms with E-state index in [1.807, 2.05) is 6.20 Å². The van der Waals surface area contributed by atoms with Gasteiger partial charge in [-0.1, -0.05) is 0 Å². The average Bonchev–Trinajstić information content (AvgIpc) is 3.08. The lowest BCUT2D eigenvalue weighted by Crippen LogP contribution is -2.53. The lowest BCUT2D eigenvalue weighted by atomic mass is 10.1. The van der Waals surface area contributed by atoms with Crippen LogP contribution in [0.1, 0.15) is 31.2 Å². The summed E-state index contributed by atoms with van der Waals surface area (Å²) < 4.78 is 26.5. The number of fused-ring (bicyclic) bond motifs is 1. The van der Waals surface area contributed by atoms with Gasteiger partial charge < -0.3 is 4.98 Å². The summed E-state index contributed by atoms with van der Waals surface area (Å²) in [6.45, 7) is 2.11. The van der Waals surface area contributed by atoms with Crippen LogP contribution in [-0.4, -0.2) is 42.1 Å². The topological polar surface area (TPSA) is 68.4 Å². The molecule has 1 saturated carbocycles. The van der Waals surface area contributed by atoms with Gasteiger partial charge in [0.2, 0.25) is 10.0 Å². The molecule has 6 nitrogen and oxygen atoms in total. The van der Waals surface area contributed by atoms with Crippen molar-refractivity contribution in [2.24, 2.45) is 0 Å². The van der Waals surface area contributed by atoms with Crippen LogP contribution in [0.3, 0.4) is 0 Å². The molecule has 2 N–H and O–H groups in total. The van der Waals surface area contributed by atoms with Crippen LogP contribution >= 0.6 is 0 Å². The molecule has 1 aromatic rings. The molecule has 110 valence electrons. The zero-order valence-electron chi connectivity index (χ0n) is 11.4. The number of sulfonamides is 1. The molecule has 0 bridgehead atoms. The molecular formula is C13H20N4O2S. The van der Waals surface area contributed by atoms with Crippen molar-refractivity contribution >= 4 is 15.8 Å². The Morgan fingerprint density at radius 1 is 1.25 bits per heavy atom. The minimum atomic E-state index is -3.05. The van der Waals surface area contributed by atoms with Crippen molar-refractivity contribution in [1.82, 2.24) is 14.7 Å². The van der Waals surface area contributed by atoms with Gasteiger partial charge in [0.25, 0.3) is 0 Å². The van der Waals surface area contributed by atoms with Gasteiger partial charge in [0.05, 0.1) is 11.3 Å². The number of anilines is 1. The number of hydrogen-bond acceptors (Lipinski definition) is 4. The summed E-state index contributed by atoms with van der Waals surface area (Å²) in [7, 11) is -3.05. The number of H-pyrrole nitrogens is 1. The summed E-state index contributed by atoms with van der Waals surface area (Å²) in [5, 5.41) is 2.03. The quantitative estimate of drug-likeness (QED) is 0.865. The van der Waals surface area contributed by atoms with Gasteiger partial charge in [-0.3, -0.25) is 5.01 Å². The van der Waals surface area contributed by atoms with E-state index in [1.165, 1.54) is 5.56 Å². The fourth-order valence-electron chi connectivity index (χ4n) is 3.26. The van der Waals surface area contributed by atoms with E-state index < -0.39 is 10.0 Å². The minimum Gasteiger partial charge on any atom is -0.347 e. The molecule has 1 saturated heterocycles. The number of nitrogens with zero attached hydrogens (tertiary/aromatic N) is 2. The third-order valence-electron chi connectivity index (χ3n) is 4.52. The van der Waals surface area contributed by atoms with Crippen LogP contribution in [0, 0.1) is 0 Å². The fourth-order valence-corrected chi connectivity index (χ4v) is 5.18. The molecule has 7 heteroatoms. The molecule has 1 atom stereocenters. The summed E-state index contributed by atoms with van der Waals surface area (Å²) in [4.78, 5) is 3.25. The second kappa shape index (κ2) is 4.47. The van der Waals surface area contributed by atoms with Crippen molar-refractivity contribution in [3.8, 4) is 0 Å². The summed E-state index contributed by atoms with van der Waals surface area (Å²) in [6.07, 6.45) is 5.59. The Bertz CT molecular complexity index is 608. The van der Waals surface area contributed by atoms with Gasteiger partial charge in [-0.05, 0) is 31.7 Å². The second-order valence-electron chi connectivity index (χ2n) is 5.95. The van der Waals surface area contributed by atoms with Crippen LogP contribution in [0.2, 0.25) is 0 Å². The Kier molecular flexibility index (Phi) is 2.84. The van der Waals surface area contributed by atoms with E-state index in [9.17, 15) is 8.42 Å². The molecule has 20 heavy (non-hydrogen) atoms. The highest BCUT2D eigenvalue weighted by Crippen LogP contribution is 2.34. The number of hydrogen-bond donors (Lipinski definition) is 2.